The van der Waals surface area contributed by atoms with Crippen LogP contribution in [0.25, 0.3) is 0 Å². The van der Waals surface area contributed by atoms with Crippen molar-refractivity contribution in [3.05, 3.63) is 29.3 Å². The summed E-state index contributed by atoms with van der Waals surface area (Å²) in [5.41, 5.74) is 2.12. The summed E-state index contributed by atoms with van der Waals surface area (Å²) in [4.78, 5) is 10.3. The summed E-state index contributed by atoms with van der Waals surface area (Å²) in [6.45, 7) is 1.88. The number of amides is 1. The molecular formula is C13H16F3N3O. The molecule has 0 aliphatic carbocycles. The van der Waals surface area contributed by atoms with Gasteiger partial charge in [0.1, 0.15) is 0 Å². The van der Waals surface area contributed by atoms with E-state index in [-0.39, 0.29) is 5.69 Å². The van der Waals surface area contributed by atoms with Crippen molar-refractivity contribution >= 4 is 17.8 Å². The smallest absolute Gasteiger partial charge is 0.388 e. The summed E-state index contributed by atoms with van der Waals surface area (Å²) >= 11 is 0. The Hall–Kier alpha value is -2.05. The predicted molar refractivity (Wildman–Crippen MR) is 71.6 cm³/mol. The minimum atomic E-state index is -4.45. The lowest BCUT2D eigenvalue weighted by Gasteiger charge is -2.15. The maximum Gasteiger partial charge on any atom is 0.418 e. The molecule has 0 aromatic heterocycles. The van der Waals surface area contributed by atoms with Gasteiger partial charge in [-0.2, -0.15) is 18.3 Å². The first kappa shape index (κ1) is 16.0. The fourth-order valence-electron chi connectivity index (χ4n) is 1.78. The first-order chi connectivity index (χ1) is 9.43. The van der Waals surface area contributed by atoms with Crippen LogP contribution in [0.1, 0.15) is 30.9 Å². The average molecular weight is 287 g/mol. The first-order valence-corrected chi connectivity index (χ1v) is 6.09. The Morgan fingerprint density at radius 1 is 1.40 bits per heavy atom. The Labute approximate surface area is 115 Å². The molecule has 110 valence electrons. The highest BCUT2D eigenvalue weighted by Crippen LogP contribution is 2.35. The van der Waals surface area contributed by atoms with E-state index in [1.54, 1.807) is 6.07 Å². The normalized spacial score (nSPS) is 12.2. The molecule has 0 saturated carbocycles. The topological polar surface area (TPSA) is 53.5 Å². The van der Waals surface area contributed by atoms with E-state index in [0.717, 1.165) is 6.07 Å². The number of rotatable bonds is 6. The zero-order chi connectivity index (χ0) is 15.2. The Balaban J connectivity index is 3.27. The zero-order valence-corrected chi connectivity index (χ0v) is 11.2. The van der Waals surface area contributed by atoms with E-state index < -0.39 is 11.7 Å². The minimum Gasteiger partial charge on any atom is -0.388 e. The number of nitrogens with zero attached hydrogens (tertiary/aromatic N) is 1. The third kappa shape index (κ3) is 3.97. The quantitative estimate of drug-likeness (QED) is 0.480. The van der Waals surface area contributed by atoms with E-state index in [2.05, 4.69) is 15.8 Å². The van der Waals surface area contributed by atoms with Gasteiger partial charge >= 0.3 is 6.18 Å². The monoisotopic (exact) mass is 287 g/mol. The van der Waals surface area contributed by atoms with Crippen LogP contribution in [0.15, 0.2) is 23.3 Å². The minimum absolute atomic E-state index is 0.000412. The second-order valence-electron chi connectivity index (χ2n) is 4.06. The predicted octanol–water partition coefficient (Wildman–Crippen LogP) is 3.00. The van der Waals surface area contributed by atoms with E-state index in [1.165, 1.54) is 13.1 Å². The van der Waals surface area contributed by atoms with Gasteiger partial charge in [-0.25, -0.2) is 5.43 Å². The molecule has 1 amide bonds. The van der Waals surface area contributed by atoms with Crippen molar-refractivity contribution in [1.29, 1.82) is 0 Å². The third-order valence-corrected chi connectivity index (χ3v) is 2.67. The van der Waals surface area contributed by atoms with Crippen LogP contribution < -0.4 is 10.7 Å². The van der Waals surface area contributed by atoms with Gasteiger partial charge in [-0.3, -0.25) is 4.79 Å². The summed E-state index contributed by atoms with van der Waals surface area (Å²) in [7, 11) is 1.43. The van der Waals surface area contributed by atoms with Crippen LogP contribution in [-0.2, 0) is 11.0 Å². The molecule has 7 heteroatoms. The van der Waals surface area contributed by atoms with Gasteiger partial charge in [-0.1, -0.05) is 19.4 Å². The van der Waals surface area contributed by atoms with E-state index in [1.807, 2.05) is 6.92 Å². The van der Waals surface area contributed by atoms with Gasteiger partial charge in [0.25, 0.3) is 0 Å². The SMILES string of the molecule is CCC/C(=N\NC=O)c1ccc(NC)c(C(F)(F)F)c1. The van der Waals surface area contributed by atoms with Crippen molar-refractivity contribution < 1.29 is 18.0 Å². The van der Waals surface area contributed by atoms with Crippen molar-refractivity contribution in [2.24, 2.45) is 5.10 Å². The standard InChI is InChI=1S/C13H16F3N3O/c1-3-4-11(19-18-8-20)9-5-6-12(17-2)10(7-9)13(14,15)16/h5-8,17H,3-4H2,1-2H3,(H,18,20)/b19-11+. The van der Waals surface area contributed by atoms with Gasteiger partial charge in [0.2, 0.25) is 6.41 Å². The maximum atomic E-state index is 13.0. The van der Waals surface area contributed by atoms with Crippen LogP contribution in [0.2, 0.25) is 0 Å². The second kappa shape index (κ2) is 6.93. The lowest BCUT2D eigenvalue weighted by Crippen LogP contribution is -2.13. The fraction of sp³-hybridized carbons (Fsp3) is 0.385. The Kier molecular flexibility index (Phi) is 5.54. The number of carbonyl (C=O) groups excluding carboxylic acids is 1. The summed E-state index contributed by atoms with van der Waals surface area (Å²) in [6.07, 6.45) is -2.91. The summed E-state index contributed by atoms with van der Waals surface area (Å²) in [5, 5.41) is 6.30. The number of hydrazone groups is 1. The number of benzene rings is 1. The summed E-state index contributed by atoms with van der Waals surface area (Å²) < 4.78 is 38.9. The molecular weight excluding hydrogens is 271 g/mol. The highest BCUT2D eigenvalue weighted by Gasteiger charge is 2.33. The van der Waals surface area contributed by atoms with Crippen molar-refractivity contribution in [3.8, 4) is 0 Å². The Morgan fingerprint density at radius 3 is 2.60 bits per heavy atom. The van der Waals surface area contributed by atoms with Crippen molar-refractivity contribution in [2.45, 2.75) is 25.9 Å². The lowest BCUT2D eigenvalue weighted by atomic mass is 10.0. The van der Waals surface area contributed by atoms with Crippen LogP contribution in [0.5, 0.6) is 0 Å². The van der Waals surface area contributed by atoms with Gasteiger partial charge in [0.15, 0.2) is 0 Å². The molecule has 0 aliphatic rings. The third-order valence-electron chi connectivity index (χ3n) is 2.67. The van der Waals surface area contributed by atoms with Crippen molar-refractivity contribution in [3.63, 3.8) is 0 Å². The number of alkyl halides is 3. The van der Waals surface area contributed by atoms with Crippen molar-refractivity contribution in [1.82, 2.24) is 5.43 Å². The second-order valence-corrected chi connectivity index (χ2v) is 4.06. The molecule has 0 saturated heterocycles. The number of hydrogen-bond donors (Lipinski definition) is 2. The van der Waals surface area contributed by atoms with Gasteiger partial charge in [0.05, 0.1) is 11.3 Å². The van der Waals surface area contributed by atoms with Gasteiger partial charge in [-0.15, -0.1) is 0 Å². The number of hydrogen-bond acceptors (Lipinski definition) is 3. The molecule has 1 aromatic carbocycles. The summed E-state index contributed by atoms with van der Waals surface area (Å²) in [6, 6.07) is 3.93. The van der Waals surface area contributed by atoms with Crippen molar-refractivity contribution in [2.75, 3.05) is 12.4 Å². The number of nitrogens with one attached hydrogen (secondary N) is 2. The molecule has 2 N–H and O–H groups in total. The number of halogens is 3. The highest BCUT2D eigenvalue weighted by atomic mass is 19.4. The number of carbonyl (C=O) groups is 1. The van der Waals surface area contributed by atoms with Crippen LogP contribution in [0, 0.1) is 0 Å². The average Bonchev–Trinajstić information content (AvgIpc) is 2.42. The Bertz CT molecular complexity index is 498. The summed E-state index contributed by atoms with van der Waals surface area (Å²) in [5.74, 6) is 0. The van der Waals surface area contributed by atoms with Gasteiger partial charge in [-0.05, 0) is 24.1 Å². The molecule has 0 spiro atoms. The van der Waals surface area contributed by atoms with E-state index in [0.29, 0.717) is 30.5 Å². The first-order valence-electron chi connectivity index (χ1n) is 6.09. The fourth-order valence-corrected chi connectivity index (χ4v) is 1.78. The molecule has 0 bridgehead atoms. The zero-order valence-electron chi connectivity index (χ0n) is 11.2. The van der Waals surface area contributed by atoms with E-state index in [4.69, 9.17) is 0 Å². The molecule has 1 aromatic rings. The molecule has 0 unspecified atom stereocenters. The molecule has 0 aliphatic heterocycles. The molecule has 0 radical (unpaired) electrons. The molecule has 0 fully saturated rings. The van der Waals surface area contributed by atoms with Crippen LogP contribution in [0.4, 0.5) is 18.9 Å². The maximum absolute atomic E-state index is 13.0. The van der Waals surface area contributed by atoms with Crippen LogP contribution in [-0.4, -0.2) is 19.2 Å². The van der Waals surface area contributed by atoms with Crippen LogP contribution in [0.3, 0.4) is 0 Å². The Morgan fingerprint density at radius 2 is 2.10 bits per heavy atom. The molecule has 1 rings (SSSR count). The van der Waals surface area contributed by atoms with E-state index >= 15 is 0 Å². The van der Waals surface area contributed by atoms with Gasteiger partial charge in [0, 0.05) is 12.7 Å². The number of anilines is 1. The molecule has 4 nitrogen and oxygen atoms in total. The molecule has 0 heterocycles. The highest BCUT2D eigenvalue weighted by molar-refractivity contribution is 6.01. The van der Waals surface area contributed by atoms with Gasteiger partial charge < -0.3 is 5.32 Å². The van der Waals surface area contributed by atoms with E-state index in [9.17, 15) is 18.0 Å². The lowest BCUT2D eigenvalue weighted by molar-refractivity contribution is -0.137. The molecule has 20 heavy (non-hydrogen) atoms. The molecule has 0 atom stereocenters. The largest absolute Gasteiger partial charge is 0.418 e. The van der Waals surface area contributed by atoms with Crippen LogP contribution >= 0.6 is 0 Å².